The van der Waals surface area contributed by atoms with Gasteiger partial charge in [0.25, 0.3) is 5.91 Å². The lowest BCUT2D eigenvalue weighted by Crippen LogP contribution is -2.17. The first-order chi connectivity index (χ1) is 6.69. The molecular weight excluding hydrogens is 200 g/mol. The molecule has 76 valence electrons. The van der Waals surface area contributed by atoms with Crippen LogP contribution < -0.4 is 10.6 Å². The van der Waals surface area contributed by atoms with E-state index in [9.17, 15) is 4.79 Å². The van der Waals surface area contributed by atoms with Crippen molar-refractivity contribution in [2.45, 2.75) is 6.92 Å². The Hall–Kier alpha value is -1.22. The molecule has 2 N–H and O–H groups in total. The molecule has 0 aliphatic rings. The molecule has 1 aromatic carbocycles. The van der Waals surface area contributed by atoms with Gasteiger partial charge in [-0.05, 0) is 25.1 Å². The zero-order valence-electron chi connectivity index (χ0n) is 8.23. The van der Waals surface area contributed by atoms with E-state index in [-0.39, 0.29) is 5.91 Å². The molecule has 0 saturated heterocycles. The Morgan fingerprint density at radius 2 is 2.21 bits per heavy atom. The maximum atomic E-state index is 11.3. The average molecular weight is 213 g/mol. The molecule has 0 spiro atoms. The summed E-state index contributed by atoms with van der Waals surface area (Å²) in [7, 11) is 1.60. The maximum Gasteiger partial charge on any atom is 0.251 e. The maximum absolute atomic E-state index is 11.3. The van der Waals surface area contributed by atoms with Crippen molar-refractivity contribution in [3.05, 3.63) is 28.8 Å². The zero-order chi connectivity index (χ0) is 10.6. The fraction of sp³-hybridized carbons (Fsp3) is 0.300. The second-order valence-corrected chi connectivity index (χ2v) is 3.21. The van der Waals surface area contributed by atoms with Crippen molar-refractivity contribution in [1.82, 2.24) is 5.32 Å². The molecule has 0 aliphatic heterocycles. The molecule has 1 amide bonds. The van der Waals surface area contributed by atoms with Gasteiger partial charge >= 0.3 is 0 Å². The number of amides is 1. The summed E-state index contributed by atoms with van der Waals surface area (Å²) in [6.45, 7) is 2.75. The highest BCUT2D eigenvalue weighted by Crippen LogP contribution is 2.22. The molecular formula is C10H13ClN2O. The van der Waals surface area contributed by atoms with Gasteiger partial charge in [-0.3, -0.25) is 4.79 Å². The Labute approximate surface area is 88.5 Å². The minimum atomic E-state index is -0.110. The lowest BCUT2D eigenvalue weighted by molar-refractivity contribution is 0.0963. The van der Waals surface area contributed by atoms with Crippen LogP contribution >= 0.6 is 11.6 Å². The highest BCUT2D eigenvalue weighted by atomic mass is 35.5. The first kappa shape index (κ1) is 10.9. The molecule has 0 radical (unpaired) electrons. The van der Waals surface area contributed by atoms with Crippen LogP contribution in [0.25, 0.3) is 0 Å². The second kappa shape index (κ2) is 4.86. The third-order valence-corrected chi connectivity index (χ3v) is 2.15. The van der Waals surface area contributed by atoms with Crippen LogP contribution in [0, 0.1) is 0 Å². The van der Waals surface area contributed by atoms with Gasteiger partial charge in [0.15, 0.2) is 0 Å². The Kier molecular flexibility index (Phi) is 3.77. The fourth-order valence-electron chi connectivity index (χ4n) is 1.14. The highest BCUT2D eigenvalue weighted by Gasteiger charge is 2.06. The lowest BCUT2D eigenvalue weighted by atomic mass is 10.2. The largest absolute Gasteiger partial charge is 0.384 e. The van der Waals surface area contributed by atoms with Crippen LogP contribution in [-0.4, -0.2) is 19.5 Å². The van der Waals surface area contributed by atoms with Crippen LogP contribution in [0.2, 0.25) is 5.02 Å². The van der Waals surface area contributed by atoms with Crippen LogP contribution in [0.5, 0.6) is 0 Å². The van der Waals surface area contributed by atoms with Gasteiger partial charge in [-0.15, -0.1) is 0 Å². The second-order valence-electron chi connectivity index (χ2n) is 2.80. The van der Waals surface area contributed by atoms with Crippen LogP contribution in [0.15, 0.2) is 18.2 Å². The third kappa shape index (κ3) is 2.39. The Bertz CT molecular complexity index is 339. The predicted octanol–water partition coefficient (Wildman–Crippen LogP) is 2.13. The van der Waals surface area contributed by atoms with Gasteiger partial charge in [-0.25, -0.2) is 0 Å². The van der Waals surface area contributed by atoms with E-state index in [2.05, 4.69) is 10.6 Å². The first-order valence-corrected chi connectivity index (χ1v) is 4.82. The number of benzene rings is 1. The smallest absolute Gasteiger partial charge is 0.251 e. The number of hydrogen-bond acceptors (Lipinski definition) is 2. The number of nitrogens with one attached hydrogen (secondary N) is 2. The summed E-state index contributed by atoms with van der Waals surface area (Å²) < 4.78 is 0. The molecule has 0 unspecified atom stereocenters. The van der Waals surface area contributed by atoms with Crippen LogP contribution in [0.1, 0.15) is 17.3 Å². The summed E-state index contributed by atoms with van der Waals surface area (Å²) in [6, 6.07) is 5.15. The zero-order valence-corrected chi connectivity index (χ0v) is 8.98. The minimum Gasteiger partial charge on any atom is -0.384 e. The van der Waals surface area contributed by atoms with E-state index in [0.29, 0.717) is 10.6 Å². The normalized spacial score (nSPS) is 9.64. The summed E-state index contributed by atoms with van der Waals surface area (Å²) in [5.41, 5.74) is 1.39. The van der Waals surface area contributed by atoms with Crippen molar-refractivity contribution < 1.29 is 4.79 Å². The lowest BCUT2D eigenvalue weighted by Gasteiger charge is -2.07. The van der Waals surface area contributed by atoms with Gasteiger partial charge in [0, 0.05) is 19.2 Å². The van der Waals surface area contributed by atoms with Gasteiger partial charge < -0.3 is 10.6 Å². The van der Waals surface area contributed by atoms with Gasteiger partial charge in [0.1, 0.15) is 0 Å². The summed E-state index contributed by atoms with van der Waals surface area (Å²) in [6.07, 6.45) is 0. The monoisotopic (exact) mass is 212 g/mol. The molecule has 4 heteroatoms. The Balaban J connectivity index is 2.99. The topological polar surface area (TPSA) is 41.1 Å². The SMILES string of the molecule is CCNc1cc(C(=O)NC)ccc1Cl. The fourth-order valence-corrected chi connectivity index (χ4v) is 1.32. The van der Waals surface area contributed by atoms with Crippen molar-refractivity contribution in [3.63, 3.8) is 0 Å². The molecule has 1 aromatic rings. The van der Waals surface area contributed by atoms with Crippen molar-refractivity contribution >= 4 is 23.2 Å². The molecule has 0 fully saturated rings. The number of anilines is 1. The van der Waals surface area contributed by atoms with Crippen molar-refractivity contribution in [1.29, 1.82) is 0 Å². The highest BCUT2D eigenvalue weighted by molar-refractivity contribution is 6.33. The standard InChI is InChI=1S/C10H13ClN2O/c1-3-13-9-6-7(10(14)12-2)4-5-8(9)11/h4-6,13H,3H2,1-2H3,(H,12,14). The van der Waals surface area contributed by atoms with E-state index >= 15 is 0 Å². The number of hydrogen-bond donors (Lipinski definition) is 2. The van der Waals surface area contributed by atoms with Gasteiger partial charge in [0.05, 0.1) is 10.7 Å². The van der Waals surface area contributed by atoms with Crippen LogP contribution in [0.4, 0.5) is 5.69 Å². The van der Waals surface area contributed by atoms with E-state index in [4.69, 9.17) is 11.6 Å². The number of halogens is 1. The van der Waals surface area contributed by atoms with Crippen molar-refractivity contribution in [2.75, 3.05) is 18.9 Å². The van der Waals surface area contributed by atoms with Gasteiger partial charge in [0.2, 0.25) is 0 Å². The van der Waals surface area contributed by atoms with Crippen molar-refractivity contribution in [2.24, 2.45) is 0 Å². The average Bonchev–Trinajstić information content (AvgIpc) is 2.20. The molecule has 3 nitrogen and oxygen atoms in total. The quantitative estimate of drug-likeness (QED) is 0.806. The molecule has 0 aromatic heterocycles. The Morgan fingerprint density at radius 1 is 1.50 bits per heavy atom. The summed E-state index contributed by atoms with van der Waals surface area (Å²) in [5.74, 6) is -0.110. The van der Waals surface area contributed by atoms with Crippen LogP contribution in [0.3, 0.4) is 0 Å². The van der Waals surface area contributed by atoms with E-state index in [1.54, 1.807) is 25.2 Å². The summed E-state index contributed by atoms with van der Waals surface area (Å²) >= 11 is 5.93. The molecule has 14 heavy (non-hydrogen) atoms. The Morgan fingerprint density at radius 3 is 2.79 bits per heavy atom. The van der Waals surface area contributed by atoms with Gasteiger partial charge in [-0.2, -0.15) is 0 Å². The van der Waals surface area contributed by atoms with E-state index < -0.39 is 0 Å². The number of carbonyl (C=O) groups excluding carboxylic acids is 1. The first-order valence-electron chi connectivity index (χ1n) is 4.44. The molecule has 0 atom stereocenters. The summed E-state index contributed by atoms with van der Waals surface area (Å²) in [4.78, 5) is 11.3. The van der Waals surface area contributed by atoms with Crippen molar-refractivity contribution in [3.8, 4) is 0 Å². The number of rotatable bonds is 3. The third-order valence-electron chi connectivity index (χ3n) is 1.82. The summed E-state index contributed by atoms with van der Waals surface area (Å²) in [5, 5.41) is 6.27. The molecule has 0 bridgehead atoms. The van der Waals surface area contributed by atoms with E-state index in [1.165, 1.54) is 0 Å². The number of carbonyl (C=O) groups is 1. The molecule has 0 aliphatic carbocycles. The molecule has 0 heterocycles. The van der Waals surface area contributed by atoms with E-state index in [1.807, 2.05) is 6.92 Å². The predicted molar refractivity (Wildman–Crippen MR) is 59.0 cm³/mol. The van der Waals surface area contributed by atoms with Crippen LogP contribution in [-0.2, 0) is 0 Å². The van der Waals surface area contributed by atoms with Gasteiger partial charge in [-0.1, -0.05) is 11.6 Å². The molecule has 1 rings (SSSR count). The van der Waals surface area contributed by atoms with E-state index in [0.717, 1.165) is 12.2 Å². The minimum absolute atomic E-state index is 0.110. The molecule has 0 saturated carbocycles.